The number of benzene rings is 1. The lowest BCUT2D eigenvalue weighted by Gasteiger charge is -2.01. The molecule has 0 saturated carbocycles. The Morgan fingerprint density at radius 2 is 2.00 bits per heavy atom. The SMILES string of the molecule is C/C(=N/NC(=O)CCc1ccccc1)c1ccco1. The lowest BCUT2D eigenvalue weighted by atomic mass is 10.1. The Balaban J connectivity index is 1.80. The number of carbonyl (C=O) groups is 1. The lowest BCUT2D eigenvalue weighted by Crippen LogP contribution is -2.19. The van der Waals surface area contributed by atoms with Gasteiger partial charge in [0.25, 0.3) is 0 Å². The van der Waals surface area contributed by atoms with Gasteiger partial charge in [0.05, 0.1) is 6.26 Å². The lowest BCUT2D eigenvalue weighted by molar-refractivity contribution is -0.121. The zero-order valence-corrected chi connectivity index (χ0v) is 10.8. The van der Waals surface area contributed by atoms with Gasteiger partial charge in [0.2, 0.25) is 5.91 Å². The molecule has 0 radical (unpaired) electrons. The quantitative estimate of drug-likeness (QED) is 0.660. The normalized spacial score (nSPS) is 11.3. The third kappa shape index (κ3) is 4.10. The first-order valence-electron chi connectivity index (χ1n) is 6.16. The second-order valence-corrected chi connectivity index (χ2v) is 4.20. The zero-order valence-electron chi connectivity index (χ0n) is 10.8. The number of hydrazone groups is 1. The van der Waals surface area contributed by atoms with E-state index < -0.39 is 0 Å². The van der Waals surface area contributed by atoms with Gasteiger partial charge in [0.1, 0.15) is 11.5 Å². The molecule has 1 aromatic carbocycles. The number of carbonyl (C=O) groups excluding carboxylic acids is 1. The third-order valence-corrected chi connectivity index (χ3v) is 2.71. The molecule has 0 fully saturated rings. The van der Waals surface area contributed by atoms with E-state index >= 15 is 0 Å². The number of hydrogen-bond acceptors (Lipinski definition) is 3. The molecule has 4 heteroatoms. The van der Waals surface area contributed by atoms with Crippen molar-refractivity contribution in [2.45, 2.75) is 19.8 Å². The van der Waals surface area contributed by atoms with Crippen molar-refractivity contribution in [2.75, 3.05) is 0 Å². The molecule has 0 aliphatic rings. The smallest absolute Gasteiger partial charge is 0.240 e. The molecular formula is C15H16N2O2. The van der Waals surface area contributed by atoms with E-state index in [0.29, 0.717) is 24.3 Å². The molecule has 1 aromatic heterocycles. The Labute approximate surface area is 112 Å². The highest BCUT2D eigenvalue weighted by Gasteiger charge is 2.03. The monoisotopic (exact) mass is 256 g/mol. The Morgan fingerprint density at radius 3 is 2.68 bits per heavy atom. The highest BCUT2D eigenvalue weighted by Crippen LogP contribution is 2.03. The summed E-state index contributed by atoms with van der Waals surface area (Å²) in [6.45, 7) is 1.79. The molecule has 0 atom stereocenters. The summed E-state index contributed by atoms with van der Waals surface area (Å²) >= 11 is 0. The van der Waals surface area contributed by atoms with Gasteiger partial charge in [-0.25, -0.2) is 5.43 Å². The van der Waals surface area contributed by atoms with Gasteiger partial charge in [-0.15, -0.1) is 0 Å². The molecule has 19 heavy (non-hydrogen) atoms. The average Bonchev–Trinajstić information content (AvgIpc) is 2.98. The van der Waals surface area contributed by atoms with E-state index in [1.54, 1.807) is 25.3 Å². The molecule has 0 spiro atoms. The summed E-state index contributed by atoms with van der Waals surface area (Å²) in [6, 6.07) is 13.5. The van der Waals surface area contributed by atoms with Crippen molar-refractivity contribution in [2.24, 2.45) is 5.10 Å². The predicted octanol–water partition coefficient (Wildman–Crippen LogP) is 2.75. The van der Waals surface area contributed by atoms with Crippen molar-refractivity contribution >= 4 is 11.6 Å². The van der Waals surface area contributed by atoms with Crippen LogP contribution in [0.2, 0.25) is 0 Å². The van der Waals surface area contributed by atoms with Crippen molar-refractivity contribution in [3.63, 3.8) is 0 Å². The number of nitrogens with one attached hydrogen (secondary N) is 1. The van der Waals surface area contributed by atoms with E-state index in [9.17, 15) is 4.79 Å². The summed E-state index contributed by atoms with van der Waals surface area (Å²) in [5, 5.41) is 4.00. The van der Waals surface area contributed by atoms with Crippen molar-refractivity contribution in [3.8, 4) is 0 Å². The molecule has 2 aromatic rings. The van der Waals surface area contributed by atoms with Crippen LogP contribution in [-0.2, 0) is 11.2 Å². The first-order chi connectivity index (χ1) is 9.25. The van der Waals surface area contributed by atoms with Crippen molar-refractivity contribution < 1.29 is 9.21 Å². The number of furan rings is 1. The van der Waals surface area contributed by atoms with Crippen LogP contribution >= 0.6 is 0 Å². The van der Waals surface area contributed by atoms with E-state index in [1.165, 1.54) is 0 Å². The van der Waals surface area contributed by atoms with Gasteiger partial charge in [0.15, 0.2) is 0 Å². The highest BCUT2D eigenvalue weighted by molar-refractivity contribution is 5.96. The van der Waals surface area contributed by atoms with Crippen LogP contribution < -0.4 is 5.43 Å². The van der Waals surface area contributed by atoms with Crippen molar-refractivity contribution in [1.29, 1.82) is 0 Å². The zero-order chi connectivity index (χ0) is 13.5. The minimum absolute atomic E-state index is 0.102. The van der Waals surface area contributed by atoms with Gasteiger partial charge in [-0.2, -0.15) is 5.10 Å². The van der Waals surface area contributed by atoms with Gasteiger partial charge >= 0.3 is 0 Å². The van der Waals surface area contributed by atoms with Gasteiger partial charge in [-0.05, 0) is 31.0 Å². The van der Waals surface area contributed by atoms with Crippen LogP contribution in [0.25, 0.3) is 0 Å². The second-order valence-electron chi connectivity index (χ2n) is 4.20. The molecule has 1 N–H and O–H groups in total. The standard InChI is InChI=1S/C15H16N2O2/c1-12(14-8-5-11-19-14)16-17-15(18)10-9-13-6-3-2-4-7-13/h2-8,11H,9-10H2,1H3,(H,17,18)/b16-12-. The number of aryl methyl sites for hydroxylation is 1. The topological polar surface area (TPSA) is 54.6 Å². The first kappa shape index (κ1) is 13.1. The third-order valence-electron chi connectivity index (χ3n) is 2.71. The van der Waals surface area contributed by atoms with E-state index in [2.05, 4.69) is 10.5 Å². The largest absolute Gasteiger partial charge is 0.463 e. The number of hydrogen-bond donors (Lipinski definition) is 1. The average molecular weight is 256 g/mol. The van der Waals surface area contributed by atoms with Gasteiger partial charge < -0.3 is 4.42 Å². The number of rotatable bonds is 5. The molecule has 4 nitrogen and oxygen atoms in total. The number of nitrogens with zero attached hydrogens (tertiary/aromatic N) is 1. The molecule has 0 bridgehead atoms. The molecule has 0 saturated heterocycles. The van der Waals surface area contributed by atoms with E-state index in [-0.39, 0.29) is 5.91 Å². The van der Waals surface area contributed by atoms with Crippen molar-refractivity contribution in [1.82, 2.24) is 5.43 Å². The fourth-order valence-electron chi connectivity index (χ4n) is 1.64. The van der Waals surface area contributed by atoms with E-state index in [0.717, 1.165) is 5.56 Å². The second kappa shape index (κ2) is 6.54. The Kier molecular flexibility index (Phi) is 4.50. The summed E-state index contributed by atoms with van der Waals surface area (Å²) in [4.78, 5) is 11.6. The highest BCUT2D eigenvalue weighted by atomic mass is 16.3. The Morgan fingerprint density at radius 1 is 1.21 bits per heavy atom. The molecule has 0 unspecified atom stereocenters. The Bertz CT molecular complexity index is 545. The van der Waals surface area contributed by atoms with Crippen LogP contribution in [-0.4, -0.2) is 11.6 Å². The molecule has 0 aliphatic carbocycles. The minimum Gasteiger partial charge on any atom is -0.463 e. The fraction of sp³-hybridized carbons (Fsp3) is 0.200. The van der Waals surface area contributed by atoms with Gasteiger partial charge in [-0.1, -0.05) is 30.3 Å². The van der Waals surface area contributed by atoms with Gasteiger partial charge in [0, 0.05) is 6.42 Å². The van der Waals surface area contributed by atoms with E-state index in [4.69, 9.17) is 4.42 Å². The van der Waals surface area contributed by atoms with Crippen LogP contribution in [0.4, 0.5) is 0 Å². The van der Waals surface area contributed by atoms with Gasteiger partial charge in [-0.3, -0.25) is 4.79 Å². The molecule has 1 heterocycles. The van der Waals surface area contributed by atoms with Crippen LogP contribution in [0.3, 0.4) is 0 Å². The minimum atomic E-state index is -0.102. The van der Waals surface area contributed by atoms with E-state index in [1.807, 2.05) is 30.3 Å². The summed E-state index contributed by atoms with van der Waals surface area (Å²) in [6.07, 6.45) is 2.70. The van der Waals surface area contributed by atoms with Crippen molar-refractivity contribution in [3.05, 3.63) is 60.1 Å². The molecule has 98 valence electrons. The molecule has 1 amide bonds. The summed E-state index contributed by atoms with van der Waals surface area (Å²) in [7, 11) is 0. The molecule has 0 aliphatic heterocycles. The molecular weight excluding hydrogens is 240 g/mol. The maximum Gasteiger partial charge on any atom is 0.240 e. The first-order valence-corrected chi connectivity index (χ1v) is 6.16. The maximum absolute atomic E-state index is 11.6. The number of amides is 1. The van der Waals surface area contributed by atoms with Crippen LogP contribution in [0.15, 0.2) is 58.2 Å². The Hall–Kier alpha value is -2.36. The maximum atomic E-state index is 11.6. The summed E-state index contributed by atoms with van der Waals surface area (Å²) in [5.74, 6) is 0.554. The van der Waals surface area contributed by atoms with Crippen LogP contribution in [0.5, 0.6) is 0 Å². The van der Waals surface area contributed by atoms with Crippen LogP contribution in [0, 0.1) is 0 Å². The molecule has 2 rings (SSSR count). The van der Waals surface area contributed by atoms with Crippen LogP contribution in [0.1, 0.15) is 24.7 Å². The summed E-state index contributed by atoms with van der Waals surface area (Å²) in [5.41, 5.74) is 4.32. The summed E-state index contributed by atoms with van der Waals surface area (Å²) < 4.78 is 5.17. The fourth-order valence-corrected chi connectivity index (χ4v) is 1.64. The predicted molar refractivity (Wildman–Crippen MR) is 73.8 cm³/mol.